The van der Waals surface area contributed by atoms with Crippen LogP contribution in [0.4, 0.5) is 4.39 Å². The Morgan fingerprint density at radius 3 is 2.38 bits per heavy atom. The number of nitrogens with zero attached hydrogens (tertiary/aromatic N) is 5. The molecular weight excluding hydrogens is 405 g/mol. The van der Waals surface area contributed by atoms with Crippen LogP contribution in [0.25, 0.3) is 22.4 Å². The largest absolute Gasteiger partial charge is 0.383 e. The quantitative estimate of drug-likeness (QED) is 0.333. The molecule has 4 rings (SSSR count). The fraction of sp³-hybridized carbons (Fsp3) is 0.120. The van der Waals surface area contributed by atoms with Crippen LogP contribution in [0.1, 0.15) is 21.7 Å². The number of carbonyl (C=O) groups is 1. The predicted molar refractivity (Wildman–Crippen MR) is 122 cm³/mol. The van der Waals surface area contributed by atoms with Crippen LogP contribution in [0.2, 0.25) is 0 Å². The van der Waals surface area contributed by atoms with Crippen molar-refractivity contribution in [1.29, 1.82) is 0 Å². The number of halogens is 1. The summed E-state index contributed by atoms with van der Waals surface area (Å²) < 4.78 is 14.9. The maximum absolute atomic E-state index is 13.6. The van der Waals surface area contributed by atoms with Crippen LogP contribution in [0.3, 0.4) is 0 Å². The summed E-state index contributed by atoms with van der Waals surface area (Å²) in [6, 6.07) is 21.1. The van der Waals surface area contributed by atoms with E-state index in [1.165, 1.54) is 12.1 Å². The van der Waals surface area contributed by atoms with Gasteiger partial charge in [0.1, 0.15) is 5.82 Å². The molecule has 0 spiro atoms. The summed E-state index contributed by atoms with van der Waals surface area (Å²) in [6.07, 6.45) is 1.71. The molecular formula is C25H22FN5O. The first kappa shape index (κ1) is 21.1. The lowest BCUT2D eigenvalue weighted by molar-refractivity contribution is 0.105. The molecule has 0 radical (unpaired) electrons. The molecule has 4 aromatic rings. The zero-order valence-corrected chi connectivity index (χ0v) is 18.0. The molecule has 3 aromatic carbocycles. The lowest BCUT2D eigenvalue weighted by Crippen LogP contribution is -2.13. The van der Waals surface area contributed by atoms with Gasteiger partial charge in [-0.05, 0) is 58.8 Å². The number of aromatic nitrogens is 4. The smallest absolute Gasteiger partial charge is 0.198 e. The number of hydrogen-bond donors (Lipinski definition) is 0. The van der Waals surface area contributed by atoms with Crippen molar-refractivity contribution in [2.24, 2.45) is 0 Å². The molecule has 0 amide bonds. The van der Waals surface area contributed by atoms with E-state index in [1.54, 1.807) is 40.0 Å². The van der Waals surface area contributed by atoms with Crippen LogP contribution in [-0.4, -0.2) is 45.0 Å². The molecule has 0 atom stereocenters. The van der Waals surface area contributed by atoms with Crippen molar-refractivity contribution in [2.75, 3.05) is 14.1 Å². The van der Waals surface area contributed by atoms with Crippen molar-refractivity contribution in [3.8, 4) is 16.8 Å². The average molecular weight is 427 g/mol. The van der Waals surface area contributed by atoms with Crippen molar-refractivity contribution in [3.63, 3.8) is 0 Å². The molecule has 32 heavy (non-hydrogen) atoms. The van der Waals surface area contributed by atoms with E-state index in [0.29, 0.717) is 17.0 Å². The van der Waals surface area contributed by atoms with E-state index in [9.17, 15) is 9.18 Å². The van der Waals surface area contributed by atoms with E-state index in [2.05, 4.69) is 15.5 Å². The molecule has 6 nitrogen and oxygen atoms in total. The lowest BCUT2D eigenvalue weighted by Gasteiger charge is -2.12. The highest BCUT2D eigenvalue weighted by molar-refractivity contribution is 6.28. The number of tetrazole rings is 1. The SMILES string of the molecule is Cc1ccc(-n2nnnc2C(=CN(C)C)C(=O)c2cccc(-c3ccc(F)cc3)c2)cc1. The number of benzene rings is 3. The third-order valence-electron chi connectivity index (χ3n) is 4.92. The standard InChI is InChI=1S/C25H22FN5O/c1-17-7-13-22(14-8-17)31-25(27-28-29-31)23(16-30(2)3)24(32)20-6-4-5-19(15-20)18-9-11-21(26)12-10-18/h4-16H,1-3H3. The highest BCUT2D eigenvalue weighted by Gasteiger charge is 2.22. The molecule has 160 valence electrons. The Kier molecular flexibility index (Phi) is 5.89. The number of hydrogen-bond acceptors (Lipinski definition) is 5. The van der Waals surface area contributed by atoms with E-state index in [-0.39, 0.29) is 11.6 Å². The van der Waals surface area contributed by atoms with Crippen molar-refractivity contribution >= 4 is 11.4 Å². The first-order valence-corrected chi connectivity index (χ1v) is 10.1. The second-order valence-electron chi connectivity index (χ2n) is 7.67. The fourth-order valence-corrected chi connectivity index (χ4v) is 3.33. The number of ketones is 1. The molecule has 0 N–H and O–H groups in total. The molecule has 0 aliphatic rings. The van der Waals surface area contributed by atoms with Gasteiger partial charge in [-0.15, -0.1) is 5.10 Å². The first-order chi connectivity index (χ1) is 15.4. The van der Waals surface area contributed by atoms with Gasteiger partial charge in [-0.1, -0.05) is 48.0 Å². The Labute approximate surface area is 185 Å². The predicted octanol–water partition coefficient (Wildman–Crippen LogP) is 4.56. The van der Waals surface area contributed by atoms with Gasteiger partial charge >= 0.3 is 0 Å². The van der Waals surface area contributed by atoms with Crippen molar-refractivity contribution in [1.82, 2.24) is 25.1 Å². The Morgan fingerprint density at radius 2 is 1.69 bits per heavy atom. The second kappa shape index (κ2) is 8.93. The molecule has 0 saturated carbocycles. The van der Waals surface area contributed by atoms with Crippen molar-refractivity contribution < 1.29 is 9.18 Å². The number of aryl methyl sites for hydroxylation is 1. The van der Waals surface area contributed by atoms with Gasteiger partial charge in [0.25, 0.3) is 0 Å². The minimum absolute atomic E-state index is 0.217. The molecule has 1 heterocycles. The van der Waals surface area contributed by atoms with Crippen molar-refractivity contribution in [3.05, 3.63) is 102 Å². The van der Waals surface area contributed by atoms with Gasteiger partial charge < -0.3 is 4.90 Å². The summed E-state index contributed by atoms with van der Waals surface area (Å²) in [7, 11) is 3.67. The normalized spacial score (nSPS) is 11.4. The molecule has 0 aliphatic heterocycles. The lowest BCUT2D eigenvalue weighted by atomic mass is 9.98. The van der Waals surface area contributed by atoms with Crippen LogP contribution in [0.15, 0.2) is 79.0 Å². The number of Topliss-reactive ketones (excluding diaryl/α,β-unsaturated/α-hetero) is 1. The Bertz CT molecular complexity index is 1270. The van der Waals surface area contributed by atoms with E-state index < -0.39 is 0 Å². The van der Waals surface area contributed by atoms with E-state index in [1.807, 2.05) is 57.4 Å². The Balaban J connectivity index is 1.76. The average Bonchev–Trinajstić information content (AvgIpc) is 3.27. The van der Waals surface area contributed by atoms with Gasteiger partial charge in [-0.2, -0.15) is 4.68 Å². The Hall–Kier alpha value is -4.13. The topological polar surface area (TPSA) is 63.9 Å². The molecule has 7 heteroatoms. The molecule has 0 bridgehead atoms. The van der Waals surface area contributed by atoms with E-state index in [0.717, 1.165) is 22.4 Å². The molecule has 0 unspecified atom stereocenters. The van der Waals surface area contributed by atoms with Gasteiger partial charge in [0.15, 0.2) is 11.6 Å². The Morgan fingerprint density at radius 1 is 0.969 bits per heavy atom. The summed E-state index contributed by atoms with van der Waals surface area (Å²) >= 11 is 0. The molecule has 0 saturated heterocycles. The summed E-state index contributed by atoms with van der Waals surface area (Å²) in [5.74, 6) is -0.175. The summed E-state index contributed by atoms with van der Waals surface area (Å²) in [4.78, 5) is 15.4. The number of allylic oxidation sites excluding steroid dienone is 1. The minimum Gasteiger partial charge on any atom is -0.383 e. The van der Waals surface area contributed by atoms with Gasteiger partial charge in [-0.3, -0.25) is 4.79 Å². The maximum atomic E-state index is 13.6. The van der Waals surface area contributed by atoms with Gasteiger partial charge in [-0.25, -0.2) is 4.39 Å². The zero-order valence-electron chi connectivity index (χ0n) is 18.0. The summed E-state index contributed by atoms with van der Waals surface area (Å²) in [5.41, 5.74) is 4.35. The van der Waals surface area contributed by atoms with Crippen LogP contribution < -0.4 is 0 Å². The van der Waals surface area contributed by atoms with Gasteiger partial charge in [0.05, 0.1) is 11.3 Å². The van der Waals surface area contributed by atoms with E-state index in [4.69, 9.17) is 0 Å². The van der Waals surface area contributed by atoms with Gasteiger partial charge in [0.2, 0.25) is 0 Å². The monoisotopic (exact) mass is 427 g/mol. The van der Waals surface area contributed by atoms with Crippen molar-refractivity contribution in [2.45, 2.75) is 6.92 Å². The van der Waals surface area contributed by atoms with Crippen LogP contribution in [0, 0.1) is 12.7 Å². The van der Waals surface area contributed by atoms with Crippen LogP contribution in [0.5, 0.6) is 0 Å². The van der Waals surface area contributed by atoms with Crippen LogP contribution in [-0.2, 0) is 0 Å². The zero-order chi connectivity index (χ0) is 22.7. The highest BCUT2D eigenvalue weighted by atomic mass is 19.1. The fourth-order valence-electron chi connectivity index (χ4n) is 3.33. The van der Waals surface area contributed by atoms with Crippen LogP contribution >= 0.6 is 0 Å². The third kappa shape index (κ3) is 4.46. The minimum atomic E-state index is -0.305. The third-order valence-corrected chi connectivity index (χ3v) is 4.92. The molecule has 1 aromatic heterocycles. The molecule has 0 fully saturated rings. The first-order valence-electron chi connectivity index (χ1n) is 10.1. The highest BCUT2D eigenvalue weighted by Crippen LogP contribution is 2.25. The molecule has 0 aliphatic carbocycles. The number of rotatable bonds is 6. The second-order valence-corrected chi connectivity index (χ2v) is 7.67. The summed E-state index contributed by atoms with van der Waals surface area (Å²) in [5, 5.41) is 12.1. The summed E-state index contributed by atoms with van der Waals surface area (Å²) in [6.45, 7) is 2.00. The van der Waals surface area contributed by atoms with E-state index >= 15 is 0 Å². The van der Waals surface area contributed by atoms with Gasteiger partial charge in [0, 0.05) is 25.9 Å². The number of carbonyl (C=O) groups excluding carboxylic acids is 1. The maximum Gasteiger partial charge on any atom is 0.198 e.